The zero-order valence-corrected chi connectivity index (χ0v) is 33.4. The highest BCUT2D eigenvalue weighted by Gasteiger charge is 2.24. The van der Waals surface area contributed by atoms with Crippen molar-refractivity contribution < 1.29 is 39.2 Å². The van der Waals surface area contributed by atoms with Gasteiger partial charge in [-0.3, -0.25) is 9.59 Å². The van der Waals surface area contributed by atoms with Crippen LogP contribution in [0.2, 0.25) is 0 Å². The quantitative estimate of drug-likeness (QED) is 0.0380. The molecule has 0 saturated heterocycles. The molecule has 0 bridgehead atoms. The number of phenols is 2. The molecule has 0 spiro atoms. The summed E-state index contributed by atoms with van der Waals surface area (Å²) in [5.74, 6) is -0.559. The van der Waals surface area contributed by atoms with E-state index < -0.39 is 18.0 Å². The van der Waals surface area contributed by atoms with Crippen LogP contribution in [0.1, 0.15) is 21.5 Å². The molecular formula is C38H29I3N2O9. The van der Waals surface area contributed by atoms with Gasteiger partial charge in [0.15, 0.2) is 11.2 Å². The van der Waals surface area contributed by atoms with Crippen molar-refractivity contribution in [3.05, 3.63) is 123 Å². The molecule has 6 N–H and O–H groups in total. The van der Waals surface area contributed by atoms with Crippen LogP contribution < -0.4 is 20.8 Å². The number of aliphatic carboxylic acids is 1. The summed E-state index contributed by atoms with van der Waals surface area (Å²) in [6, 6.07) is 21.9. The van der Waals surface area contributed by atoms with Crippen LogP contribution in [0.5, 0.6) is 23.0 Å². The molecule has 4 aromatic rings. The van der Waals surface area contributed by atoms with Gasteiger partial charge in [-0.1, -0.05) is 18.2 Å². The molecule has 0 amide bonds. The van der Waals surface area contributed by atoms with Gasteiger partial charge in [-0.15, -0.1) is 0 Å². The number of hydrogen-bond donors (Lipinski definition) is 6. The summed E-state index contributed by atoms with van der Waals surface area (Å²) in [4.78, 5) is 36.7. The number of fused-ring (bicyclic) bond motifs is 2. The molecule has 1 atom stereocenters. The number of phenolic OH excluding ortho intramolecular Hbond substituents is 2. The van der Waals surface area contributed by atoms with E-state index in [4.69, 9.17) is 9.15 Å². The first-order valence-corrected chi connectivity index (χ1v) is 19.0. The van der Waals surface area contributed by atoms with E-state index in [2.05, 4.69) is 55.8 Å². The molecule has 1 unspecified atom stereocenters. The lowest BCUT2D eigenvalue weighted by Crippen LogP contribution is -2.41. The van der Waals surface area contributed by atoms with Crippen LogP contribution in [0.25, 0.3) is 33.4 Å². The molecule has 1 aliphatic heterocycles. The molecule has 0 radical (unpaired) electrons. The predicted molar refractivity (Wildman–Crippen MR) is 221 cm³/mol. The molecule has 2 aliphatic rings. The van der Waals surface area contributed by atoms with Crippen molar-refractivity contribution >= 4 is 90.7 Å². The van der Waals surface area contributed by atoms with Crippen LogP contribution in [0, 0.1) is 10.7 Å². The Morgan fingerprint density at radius 3 is 2.25 bits per heavy atom. The van der Waals surface area contributed by atoms with Crippen molar-refractivity contribution in [2.24, 2.45) is 0 Å². The highest BCUT2D eigenvalue weighted by atomic mass is 127. The van der Waals surface area contributed by atoms with Gasteiger partial charge in [-0.25, -0.2) is 4.79 Å². The molecule has 52 heavy (non-hydrogen) atoms. The number of aromatic hydroxyl groups is 2. The van der Waals surface area contributed by atoms with Gasteiger partial charge >= 0.3 is 11.9 Å². The van der Waals surface area contributed by atoms with Crippen molar-refractivity contribution in [3.8, 4) is 45.4 Å². The Hall–Kier alpha value is -3.98. The number of ether oxygens (including phenoxy) is 1. The summed E-state index contributed by atoms with van der Waals surface area (Å²) in [6.45, 7) is 0.751. The summed E-state index contributed by atoms with van der Waals surface area (Å²) >= 11 is 6.34. The van der Waals surface area contributed by atoms with Gasteiger partial charge in [0, 0.05) is 42.2 Å². The molecule has 14 heteroatoms. The normalized spacial score (nSPS) is 11.9. The first kappa shape index (κ1) is 37.8. The minimum atomic E-state index is -1.11. The minimum absolute atomic E-state index is 0.0630. The van der Waals surface area contributed by atoms with Crippen LogP contribution in [0.15, 0.2) is 94.1 Å². The lowest BCUT2D eigenvalue weighted by atomic mass is 9.90. The van der Waals surface area contributed by atoms with Crippen molar-refractivity contribution in [2.75, 3.05) is 13.1 Å². The van der Waals surface area contributed by atoms with E-state index in [1.165, 1.54) is 24.3 Å². The topological polar surface area (TPSA) is 179 Å². The number of aromatic carboxylic acids is 1. The molecule has 0 fully saturated rings. The van der Waals surface area contributed by atoms with Crippen molar-refractivity contribution in [3.63, 3.8) is 0 Å². The minimum Gasteiger partial charge on any atom is -0.507 e. The lowest BCUT2D eigenvalue weighted by Gasteiger charge is -2.19. The van der Waals surface area contributed by atoms with E-state index in [0.717, 1.165) is 12.7 Å². The SMILES string of the molecule is O=C(O)c1ccccc1-c1c2ccc(=O)cc-2oc2c(CNCCNC(Cc3cc(I)c(Oc4ccc(O)c(I)c4)c(I)c3)C(=O)O)c(O)ccc12. The van der Waals surface area contributed by atoms with Crippen molar-refractivity contribution in [1.29, 1.82) is 0 Å². The molecule has 0 saturated carbocycles. The summed E-state index contributed by atoms with van der Waals surface area (Å²) in [5.41, 5.74) is 2.82. The number of benzene rings is 5. The van der Waals surface area contributed by atoms with Gasteiger partial charge in [-0.05, 0) is 146 Å². The molecular weight excluding hydrogens is 1010 g/mol. The molecule has 1 heterocycles. The number of nitrogens with one attached hydrogen (secondary N) is 2. The van der Waals surface area contributed by atoms with E-state index in [0.29, 0.717) is 49.3 Å². The second-order valence-corrected chi connectivity index (χ2v) is 15.2. The van der Waals surface area contributed by atoms with Gasteiger partial charge in [-0.2, -0.15) is 0 Å². The molecule has 6 rings (SSSR count). The predicted octanol–water partition coefficient (Wildman–Crippen LogP) is 7.66. The third-order valence-corrected chi connectivity index (χ3v) is 10.8. The Kier molecular flexibility index (Phi) is 11.9. The Labute approximate surface area is 337 Å². The molecule has 11 nitrogen and oxygen atoms in total. The van der Waals surface area contributed by atoms with Gasteiger partial charge in [0.25, 0.3) is 0 Å². The number of carboxylic acid groups (broad SMARTS) is 2. The molecule has 0 aromatic heterocycles. The standard InChI is InChI=1S/C38H29I3N2O9/c39-27-17-21(6-9-32(27)46)51-36-28(40)13-19(14-29(36)41)15-30(38(49)50)43-12-11-42-18-26-31(45)10-8-25-34(22-3-1-2-4-23(22)37(47)48)24-7-5-20(44)16-33(24)52-35(25)26/h1-10,13-14,16-17,30,42-43,45-46H,11-12,15,18H2,(H,47,48)(H,49,50). The Balaban J connectivity index is 1.18. The zero-order valence-electron chi connectivity index (χ0n) is 27.0. The highest BCUT2D eigenvalue weighted by Crippen LogP contribution is 2.43. The fraction of sp³-hybridized carbons (Fsp3) is 0.132. The summed E-state index contributed by atoms with van der Waals surface area (Å²) in [7, 11) is 0. The van der Waals surface area contributed by atoms with Crippen molar-refractivity contribution in [2.45, 2.75) is 19.0 Å². The van der Waals surface area contributed by atoms with Crippen molar-refractivity contribution in [1.82, 2.24) is 10.6 Å². The third kappa shape index (κ3) is 8.30. The number of carbonyl (C=O) groups is 2. The highest BCUT2D eigenvalue weighted by molar-refractivity contribution is 14.1. The smallest absolute Gasteiger partial charge is 0.336 e. The van der Waals surface area contributed by atoms with Crippen LogP contribution in [-0.4, -0.2) is 51.5 Å². The Morgan fingerprint density at radius 1 is 0.808 bits per heavy atom. The maximum Gasteiger partial charge on any atom is 0.336 e. The Bertz CT molecular complexity index is 2340. The van der Waals surface area contributed by atoms with E-state index >= 15 is 0 Å². The van der Waals surface area contributed by atoms with Gasteiger partial charge < -0.3 is 40.2 Å². The third-order valence-electron chi connectivity index (χ3n) is 8.30. The number of rotatable bonds is 13. The number of halogens is 3. The summed E-state index contributed by atoms with van der Waals surface area (Å²) in [5, 5.41) is 47.6. The average Bonchev–Trinajstić information content (AvgIpc) is 3.10. The average molecular weight is 1040 g/mol. The van der Waals surface area contributed by atoms with E-state index in [-0.39, 0.29) is 53.3 Å². The molecule has 4 aromatic carbocycles. The first-order valence-electron chi connectivity index (χ1n) is 15.8. The second-order valence-electron chi connectivity index (χ2n) is 11.8. The van der Waals surface area contributed by atoms with E-state index in [1.54, 1.807) is 48.5 Å². The van der Waals surface area contributed by atoms with Crippen LogP contribution in [-0.2, 0) is 17.8 Å². The maximum absolute atomic E-state index is 12.3. The fourth-order valence-electron chi connectivity index (χ4n) is 5.86. The van der Waals surface area contributed by atoms with Gasteiger partial charge in [0.1, 0.15) is 34.6 Å². The second kappa shape index (κ2) is 16.4. The van der Waals surface area contributed by atoms with Gasteiger partial charge in [0.2, 0.25) is 0 Å². The van der Waals surface area contributed by atoms with Crippen LogP contribution >= 0.6 is 67.8 Å². The van der Waals surface area contributed by atoms with E-state index in [9.17, 15) is 34.8 Å². The molecule has 266 valence electrons. The molecule has 1 aliphatic carbocycles. The summed E-state index contributed by atoms with van der Waals surface area (Å²) < 4.78 is 14.6. The van der Waals surface area contributed by atoms with Gasteiger partial charge in [0.05, 0.1) is 21.8 Å². The van der Waals surface area contributed by atoms with Crippen LogP contribution in [0.4, 0.5) is 0 Å². The number of carboxylic acids is 2. The summed E-state index contributed by atoms with van der Waals surface area (Å²) in [6.07, 6.45) is 0.219. The largest absolute Gasteiger partial charge is 0.507 e. The lowest BCUT2D eigenvalue weighted by molar-refractivity contribution is -0.139. The maximum atomic E-state index is 12.3. The zero-order chi connectivity index (χ0) is 37.1. The van der Waals surface area contributed by atoms with E-state index in [1.807, 2.05) is 34.7 Å². The first-order chi connectivity index (χ1) is 24.9. The monoisotopic (exact) mass is 1040 g/mol. The Morgan fingerprint density at radius 2 is 1.54 bits per heavy atom. The van der Waals surface area contributed by atoms with Crippen LogP contribution in [0.3, 0.4) is 0 Å². The fourth-order valence-corrected chi connectivity index (χ4v) is 8.46. The number of hydrogen-bond acceptors (Lipinski definition) is 9.